The van der Waals surface area contributed by atoms with Crippen LogP contribution < -0.4 is 11.3 Å². The zero-order valence-corrected chi connectivity index (χ0v) is 13.1. The Morgan fingerprint density at radius 3 is 2.79 bits per heavy atom. The Morgan fingerprint density at radius 2 is 2.00 bits per heavy atom. The van der Waals surface area contributed by atoms with Gasteiger partial charge in [0, 0.05) is 0 Å². The molecule has 0 atom stereocenters. The number of para-hydroxylation sites is 1. The van der Waals surface area contributed by atoms with Crippen LogP contribution in [0.1, 0.15) is 5.56 Å². The number of rotatable bonds is 1. The second-order valence-corrected chi connectivity index (χ2v) is 6.28. The van der Waals surface area contributed by atoms with Gasteiger partial charge in [-0.05, 0) is 35.9 Å². The van der Waals surface area contributed by atoms with Crippen LogP contribution in [0.25, 0.3) is 21.3 Å². The van der Waals surface area contributed by atoms with Gasteiger partial charge in [-0.25, -0.2) is 0 Å². The normalized spacial score (nSPS) is 16.2. The number of aromatic nitrogens is 2. The lowest BCUT2D eigenvalue weighted by molar-refractivity contribution is -0.113. The Morgan fingerprint density at radius 1 is 1.21 bits per heavy atom. The summed E-state index contributed by atoms with van der Waals surface area (Å²) >= 11 is 1.39. The first-order valence-corrected chi connectivity index (χ1v) is 7.91. The number of thiazole rings is 1. The Balaban J connectivity index is 2.00. The molecule has 1 aliphatic rings. The molecule has 0 aliphatic heterocycles. The van der Waals surface area contributed by atoms with E-state index in [0.717, 1.165) is 10.2 Å². The summed E-state index contributed by atoms with van der Waals surface area (Å²) in [4.78, 5) is 28.2. The van der Waals surface area contributed by atoms with E-state index in [1.165, 1.54) is 35.6 Å². The summed E-state index contributed by atoms with van der Waals surface area (Å²) in [5.41, 5.74) is 7.35. The van der Waals surface area contributed by atoms with E-state index in [1.54, 1.807) is 4.40 Å². The molecule has 0 bridgehead atoms. The number of nitrogens with zero attached hydrogens (tertiary/aromatic N) is 2. The Kier molecular flexibility index (Phi) is 3.10. The maximum atomic E-state index is 12.3. The summed E-state index contributed by atoms with van der Waals surface area (Å²) in [5.74, 6) is -0.583. The van der Waals surface area contributed by atoms with E-state index < -0.39 is 11.3 Å². The minimum absolute atomic E-state index is 0.217. The molecule has 0 fully saturated rings. The summed E-state index contributed by atoms with van der Waals surface area (Å²) in [5, 5.41) is 9.54. The van der Waals surface area contributed by atoms with Gasteiger partial charge in [0.2, 0.25) is 5.78 Å². The number of aliphatic hydroxyl groups is 1. The summed E-state index contributed by atoms with van der Waals surface area (Å²) in [6.07, 6.45) is 5.56. The molecule has 6 nitrogen and oxygen atoms in total. The fourth-order valence-corrected chi connectivity index (χ4v) is 3.61. The summed E-state index contributed by atoms with van der Waals surface area (Å²) in [7, 11) is 0. The van der Waals surface area contributed by atoms with Crippen molar-refractivity contribution in [2.75, 3.05) is 5.73 Å². The molecule has 2 aromatic heterocycles. The second kappa shape index (κ2) is 5.17. The predicted molar refractivity (Wildman–Crippen MR) is 94.1 cm³/mol. The van der Waals surface area contributed by atoms with Gasteiger partial charge in [0.05, 0.1) is 15.8 Å². The maximum Gasteiger partial charge on any atom is 0.283 e. The van der Waals surface area contributed by atoms with Gasteiger partial charge in [0.25, 0.3) is 5.56 Å². The fraction of sp³-hybridized carbons (Fsp3) is 0. The van der Waals surface area contributed by atoms with Crippen molar-refractivity contribution in [1.82, 2.24) is 9.38 Å². The van der Waals surface area contributed by atoms with Crippen molar-refractivity contribution in [1.29, 1.82) is 0 Å². The number of hydrogen-bond acceptors (Lipinski definition) is 6. The largest absolute Gasteiger partial charge is 0.504 e. The van der Waals surface area contributed by atoms with Gasteiger partial charge >= 0.3 is 0 Å². The van der Waals surface area contributed by atoms with Crippen molar-refractivity contribution in [3.63, 3.8) is 0 Å². The number of carbonyl (C=O) groups is 1. The molecule has 0 radical (unpaired) electrons. The number of benzene rings is 1. The first-order chi connectivity index (χ1) is 11.5. The first-order valence-electron chi connectivity index (χ1n) is 7.09. The lowest BCUT2D eigenvalue weighted by atomic mass is 10.1. The van der Waals surface area contributed by atoms with Crippen LogP contribution in [0.2, 0.25) is 0 Å². The van der Waals surface area contributed by atoms with Crippen molar-refractivity contribution in [3.8, 4) is 0 Å². The standard InChI is InChI=1S/C17H11N3O3S/c18-15-10(7-9-5-6-12(21)13(22)8-9)16(23)19-17-20(15)11-3-1-2-4-14(11)24-17/h1-8,22H,18H2/b9-7-. The van der Waals surface area contributed by atoms with Crippen LogP contribution in [0, 0.1) is 0 Å². The van der Waals surface area contributed by atoms with Crippen molar-refractivity contribution in [2.45, 2.75) is 0 Å². The summed E-state index contributed by atoms with van der Waals surface area (Å²) in [6.45, 7) is 0. The summed E-state index contributed by atoms with van der Waals surface area (Å²) < 4.78 is 2.70. The van der Waals surface area contributed by atoms with Gasteiger partial charge in [0.15, 0.2) is 10.7 Å². The van der Waals surface area contributed by atoms with Crippen LogP contribution in [-0.4, -0.2) is 20.3 Å². The maximum absolute atomic E-state index is 12.3. The van der Waals surface area contributed by atoms with Gasteiger partial charge in [-0.3, -0.25) is 14.0 Å². The average Bonchev–Trinajstić information content (AvgIpc) is 2.92. The van der Waals surface area contributed by atoms with E-state index in [2.05, 4.69) is 4.98 Å². The molecule has 0 amide bonds. The minimum atomic E-state index is -0.478. The number of carbonyl (C=O) groups excluding carboxylic acids is 1. The highest BCUT2D eigenvalue weighted by Gasteiger charge is 2.15. The minimum Gasteiger partial charge on any atom is -0.504 e. The molecule has 0 unspecified atom stereocenters. The number of hydrogen-bond donors (Lipinski definition) is 2. The van der Waals surface area contributed by atoms with Gasteiger partial charge in [0.1, 0.15) is 5.82 Å². The molecule has 0 saturated carbocycles. The third-order valence-corrected chi connectivity index (χ3v) is 4.76. The fourth-order valence-electron chi connectivity index (χ4n) is 2.58. The lowest BCUT2D eigenvalue weighted by Gasteiger charge is -2.07. The van der Waals surface area contributed by atoms with E-state index in [1.807, 2.05) is 24.3 Å². The molecular formula is C17H11N3O3S. The van der Waals surface area contributed by atoms with E-state index in [0.29, 0.717) is 10.5 Å². The Hall–Kier alpha value is -3.19. The van der Waals surface area contributed by atoms with Crippen LogP contribution in [0.3, 0.4) is 0 Å². The summed E-state index contributed by atoms with van der Waals surface area (Å²) in [6, 6.07) is 7.64. The van der Waals surface area contributed by atoms with Crippen molar-refractivity contribution >= 4 is 44.2 Å². The number of anilines is 1. The molecule has 24 heavy (non-hydrogen) atoms. The van der Waals surface area contributed by atoms with Gasteiger partial charge in [-0.2, -0.15) is 4.98 Å². The third kappa shape index (κ3) is 2.14. The molecule has 0 saturated heterocycles. The number of nitrogen functional groups attached to an aromatic ring is 1. The third-order valence-electron chi connectivity index (χ3n) is 3.74. The van der Waals surface area contributed by atoms with Crippen molar-refractivity contribution in [3.05, 3.63) is 69.7 Å². The molecular weight excluding hydrogens is 326 g/mol. The predicted octanol–water partition coefficient (Wildman–Crippen LogP) is 2.46. The zero-order valence-electron chi connectivity index (χ0n) is 12.3. The highest BCUT2D eigenvalue weighted by atomic mass is 32.1. The van der Waals surface area contributed by atoms with Crippen LogP contribution in [0.5, 0.6) is 0 Å². The molecule has 2 heterocycles. The molecule has 3 N–H and O–H groups in total. The van der Waals surface area contributed by atoms with E-state index in [9.17, 15) is 14.7 Å². The van der Waals surface area contributed by atoms with Crippen molar-refractivity contribution in [2.24, 2.45) is 0 Å². The highest BCUT2D eigenvalue weighted by Crippen LogP contribution is 2.28. The zero-order chi connectivity index (χ0) is 16.8. The van der Waals surface area contributed by atoms with Gasteiger partial charge in [-0.15, -0.1) is 0 Å². The first kappa shape index (κ1) is 14.4. The van der Waals surface area contributed by atoms with Gasteiger partial charge < -0.3 is 10.8 Å². The number of ketones is 1. The molecule has 1 aliphatic carbocycles. The van der Waals surface area contributed by atoms with Crippen LogP contribution in [0.4, 0.5) is 5.82 Å². The molecule has 118 valence electrons. The smallest absolute Gasteiger partial charge is 0.283 e. The van der Waals surface area contributed by atoms with E-state index in [-0.39, 0.29) is 17.1 Å². The average molecular weight is 337 g/mol. The van der Waals surface area contributed by atoms with E-state index >= 15 is 0 Å². The van der Waals surface area contributed by atoms with E-state index in [4.69, 9.17) is 5.73 Å². The number of aliphatic hydroxyl groups excluding tert-OH is 1. The van der Waals surface area contributed by atoms with Crippen molar-refractivity contribution < 1.29 is 9.90 Å². The number of allylic oxidation sites excluding steroid dienone is 4. The van der Waals surface area contributed by atoms with Crippen LogP contribution >= 0.6 is 11.3 Å². The van der Waals surface area contributed by atoms with Crippen LogP contribution in [-0.2, 0) is 4.79 Å². The molecule has 3 aromatic rings. The SMILES string of the molecule is Nc1c(/C=C2/C=CC(=O)C(O)=C2)c(=O)nc2sc3ccccc3n12. The molecule has 4 rings (SSSR count). The highest BCUT2D eigenvalue weighted by molar-refractivity contribution is 7.23. The van der Waals surface area contributed by atoms with Gasteiger partial charge in [-0.1, -0.05) is 29.5 Å². The molecule has 7 heteroatoms. The quantitative estimate of drug-likeness (QED) is 0.711. The molecule has 0 spiro atoms. The monoisotopic (exact) mass is 337 g/mol. The Labute approximate surface area is 139 Å². The Bertz CT molecular complexity index is 1160. The number of nitrogens with two attached hydrogens (primary N) is 1. The number of fused-ring (bicyclic) bond motifs is 3. The van der Waals surface area contributed by atoms with Crippen LogP contribution in [0.15, 0.2) is 58.6 Å². The second-order valence-electron chi connectivity index (χ2n) is 5.28. The topological polar surface area (TPSA) is 97.7 Å². The molecule has 1 aromatic carbocycles. The lowest BCUT2D eigenvalue weighted by Crippen LogP contribution is -2.16.